The maximum atomic E-state index is 5.84. The molecule has 0 bridgehead atoms. The van der Waals surface area contributed by atoms with Crippen molar-refractivity contribution in [1.82, 2.24) is 4.90 Å². The number of methoxy groups -OCH3 is 2. The number of rotatable bonds is 7. The number of ether oxygens (including phenoxy) is 2. The molecule has 0 aliphatic carbocycles. The number of nitrogens with zero attached hydrogens (tertiary/aromatic N) is 1. The number of likely N-dealkylation sites (N-methyl/N-ethyl adjacent to an activating group) is 1. The highest BCUT2D eigenvalue weighted by molar-refractivity contribution is 6.29. The summed E-state index contributed by atoms with van der Waals surface area (Å²) < 4.78 is 10.5. The van der Waals surface area contributed by atoms with E-state index in [0.29, 0.717) is 11.6 Å². The van der Waals surface area contributed by atoms with Crippen LogP contribution in [0.15, 0.2) is 29.8 Å². The van der Waals surface area contributed by atoms with Crippen molar-refractivity contribution in [3.63, 3.8) is 0 Å². The Balaban J connectivity index is 2.80. The Morgan fingerprint density at radius 1 is 1.28 bits per heavy atom. The molecule has 0 aliphatic rings. The van der Waals surface area contributed by atoms with E-state index < -0.39 is 0 Å². The Labute approximate surface area is 114 Å². The predicted molar refractivity (Wildman–Crippen MR) is 75.5 cm³/mol. The van der Waals surface area contributed by atoms with Crippen molar-refractivity contribution in [1.29, 1.82) is 0 Å². The average Bonchev–Trinajstić information content (AvgIpc) is 2.37. The molecule has 0 amide bonds. The molecule has 0 saturated carbocycles. The zero-order valence-electron chi connectivity index (χ0n) is 11.2. The van der Waals surface area contributed by atoms with Gasteiger partial charge in [0.2, 0.25) is 0 Å². The van der Waals surface area contributed by atoms with E-state index in [1.54, 1.807) is 14.2 Å². The molecular formula is C14H20ClNO2. The van der Waals surface area contributed by atoms with Crippen LogP contribution in [0.4, 0.5) is 0 Å². The van der Waals surface area contributed by atoms with Gasteiger partial charge < -0.3 is 9.47 Å². The monoisotopic (exact) mass is 269 g/mol. The van der Waals surface area contributed by atoms with E-state index >= 15 is 0 Å². The Morgan fingerprint density at radius 2 is 1.94 bits per heavy atom. The molecule has 0 heterocycles. The Kier molecular flexibility index (Phi) is 6.02. The molecule has 3 nitrogen and oxygen atoms in total. The lowest BCUT2D eigenvalue weighted by Gasteiger charge is -2.20. The van der Waals surface area contributed by atoms with Crippen LogP contribution in [0.3, 0.4) is 0 Å². The summed E-state index contributed by atoms with van der Waals surface area (Å²) in [5, 5.41) is 0.650. The van der Waals surface area contributed by atoms with Gasteiger partial charge in [0.1, 0.15) is 0 Å². The zero-order chi connectivity index (χ0) is 13.5. The van der Waals surface area contributed by atoms with Crippen LogP contribution in [0, 0.1) is 0 Å². The lowest BCUT2D eigenvalue weighted by molar-refractivity contribution is 0.307. The third-order valence-corrected chi connectivity index (χ3v) is 2.82. The summed E-state index contributed by atoms with van der Waals surface area (Å²) in [5.41, 5.74) is 1.16. The van der Waals surface area contributed by atoms with Crippen molar-refractivity contribution in [2.45, 2.75) is 13.5 Å². The largest absolute Gasteiger partial charge is 0.493 e. The van der Waals surface area contributed by atoms with Gasteiger partial charge >= 0.3 is 0 Å². The summed E-state index contributed by atoms with van der Waals surface area (Å²) in [6.45, 7) is 8.23. The number of halogens is 1. The molecule has 0 atom stereocenters. The highest BCUT2D eigenvalue weighted by atomic mass is 35.5. The minimum atomic E-state index is 0.650. The second-order valence-electron chi connectivity index (χ2n) is 4.01. The van der Waals surface area contributed by atoms with Gasteiger partial charge in [-0.25, -0.2) is 0 Å². The van der Waals surface area contributed by atoms with E-state index in [2.05, 4.69) is 18.4 Å². The van der Waals surface area contributed by atoms with E-state index in [9.17, 15) is 0 Å². The van der Waals surface area contributed by atoms with Crippen molar-refractivity contribution in [2.24, 2.45) is 0 Å². The highest BCUT2D eigenvalue weighted by Gasteiger charge is 2.08. The quantitative estimate of drug-likeness (QED) is 0.758. The Morgan fingerprint density at radius 3 is 2.44 bits per heavy atom. The minimum Gasteiger partial charge on any atom is -0.493 e. The second kappa shape index (κ2) is 7.29. The van der Waals surface area contributed by atoms with Gasteiger partial charge in [0.15, 0.2) is 11.5 Å². The topological polar surface area (TPSA) is 21.7 Å². The first kappa shape index (κ1) is 14.9. The number of hydrogen-bond donors (Lipinski definition) is 0. The molecule has 0 spiro atoms. The Hall–Kier alpha value is -1.19. The third-order valence-electron chi connectivity index (χ3n) is 2.70. The van der Waals surface area contributed by atoms with Crippen LogP contribution in [0.25, 0.3) is 0 Å². The fourth-order valence-corrected chi connectivity index (χ4v) is 1.93. The van der Waals surface area contributed by atoms with Gasteiger partial charge in [-0.1, -0.05) is 31.2 Å². The molecule has 0 saturated heterocycles. The summed E-state index contributed by atoms with van der Waals surface area (Å²) in [6, 6.07) is 5.93. The van der Waals surface area contributed by atoms with Crippen LogP contribution < -0.4 is 9.47 Å². The summed E-state index contributed by atoms with van der Waals surface area (Å²) in [6.07, 6.45) is 0. The van der Waals surface area contributed by atoms with E-state index in [-0.39, 0.29) is 0 Å². The normalized spacial score (nSPS) is 10.5. The average molecular weight is 270 g/mol. The van der Waals surface area contributed by atoms with Crippen molar-refractivity contribution < 1.29 is 9.47 Å². The molecule has 18 heavy (non-hydrogen) atoms. The predicted octanol–water partition coefficient (Wildman–Crippen LogP) is 3.28. The van der Waals surface area contributed by atoms with Crippen LogP contribution in [0.2, 0.25) is 0 Å². The lowest BCUT2D eigenvalue weighted by atomic mass is 10.2. The second-order valence-corrected chi connectivity index (χ2v) is 4.54. The number of hydrogen-bond acceptors (Lipinski definition) is 3. The summed E-state index contributed by atoms with van der Waals surface area (Å²) in [4.78, 5) is 2.20. The SMILES string of the molecule is C=C(Cl)CN(CC)Cc1ccc(OC)c(OC)c1. The fraction of sp³-hybridized carbons (Fsp3) is 0.429. The fourth-order valence-electron chi connectivity index (χ4n) is 1.76. The minimum absolute atomic E-state index is 0.650. The van der Waals surface area contributed by atoms with Crippen LogP contribution in [-0.4, -0.2) is 32.2 Å². The van der Waals surface area contributed by atoms with E-state index in [4.69, 9.17) is 21.1 Å². The summed E-state index contributed by atoms with van der Waals surface area (Å²) in [7, 11) is 3.27. The molecule has 0 aliphatic heterocycles. The smallest absolute Gasteiger partial charge is 0.161 e. The van der Waals surface area contributed by atoms with Gasteiger partial charge in [-0.3, -0.25) is 4.90 Å². The van der Waals surface area contributed by atoms with E-state index in [0.717, 1.165) is 30.2 Å². The number of benzene rings is 1. The molecule has 0 N–H and O–H groups in total. The third kappa shape index (κ3) is 4.24. The highest BCUT2D eigenvalue weighted by Crippen LogP contribution is 2.28. The summed E-state index contributed by atoms with van der Waals surface area (Å²) >= 11 is 5.84. The van der Waals surface area contributed by atoms with Crippen LogP contribution >= 0.6 is 11.6 Å². The van der Waals surface area contributed by atoms with Gasteiger partial charge in [-0.2, -0.15) is 0 Å². The van der Waals surface area contributed by atoms with E-state index in [1.165, 1.54) is 0 Å². The van der Waals surface area contributed by atoms with Crippen molar-refractivity contribution >= 4 is 11.6 Å². The maximum absolute atomic E-state index is 5.84. The van der Waals surface area contributed by atoms with Crippen LogP contribution in [-0.2, 0) is 6.54 Å². The van der Waals surface area contributed by atoms with Gasteiger partial charge in [-0.05, 0) is 24.2 Å². The van der Waals surface area contributed by atoms with Crippen LogP contribution in [0.1, 0.15) is 12.5 Å². The molecule has 0 fully saturated rings. The summed E-state index contributed by atoms with van der Waals surface area (Å²) in [5.74, 6) is 1.49. The molecule has 0 radical (unpaired) electrons. The molecule has 0 aromatic heterocycles. The first-order valence-corrected chi connectivity index (χ1v) is 6.25. The van der Waals surface area contributed by atoms with Crippen molar-refractivity contribution in [3.05, 3.63) is 35.4 Å². The molecular weight excluding hydrogens is 250 g/mol. The molecule has 0 unspecified atom stereocenters. The van der Waals surface area contributed by atoms with Crippen molar-refractivity contribution in [2.75, 3.05) is 27.3 Å². The lowest BCUT2D eigenvalue weighted by Crippen LogP contribution is -2.24. The molecule has 1 rings (SSSR count). The van der Waals surface area contributed by atoms with Gasteiger partial charge in [0.05, 0.1) is 14.2 Å². The molecule has 1 aromatic carbocycles. The molecule has 4 heteroatoms. The van der Waals surface area contributed by atoms with Crippen LogP contribution in [0.5, 0.6) is 11.5 Å². The van der Waals surface area contributed by atoms with Gasteiger partial charge in [0.25, 0.3) is 0 Å². The van der Waals surface area contributed by atoms with Gasteiger partial charge in [-0.15, -0.1) is 0 Å². The Bertz CT molecular complexity index is 407. The first-order chi connectivity index (χ1) is 8.60. The zero-order valence-corrected chi connectivity index (χ0v) is 12.0. The van der Waals surface area contributed by atoms with Gasteiger partial charge in [0, 0.05) is 18.1 Å². The standard InChI is InChI=1S/C14H20ClNO2/c1-5-16(9-11(2)15)10-12-6-7-13(17-3)14(8-12)18-4/h6-8H,2,5,9-10H2,1,3-4H3. The van der Waals surface area contributed by atoms with E-state index in [1.807, 2.05) is 18.2 Å². The molecule has 100 valence electrons. The van der Waals surface area contributed by atoms with Crippen molar-refractivity contribution in [3.8, 4) is 11.5 Å². The molecule has 1 aromatic rings. The maximum Gasteiger partial charge on any atom is 0.161 e. The first-order valence-electron chi connectivity index (χ1n) is 5.87.